The van der Waals surface area contributed by atoms with E-state index in [0.717, 1.165) is 25.9 Å². The van der Waals surface area contributed by atoms with Crippen LogP contribution in [0.25, 0.3) is 0 Å². The molecule has 188 valence electrons. The Morgan fingerprint density at radius 3 is 2.03 bits per heavy atom. The van der Waals surface area contributed by atoms with E-state index in [2.05, 4.69) is 4.90 Å². The van der Waals surface area contributed by atoms with Gasteiger partial charge in [0, 0.05) is 57.9 Å². The summed E-state index contributed by atoms with van der Waals surface area (Å²) in [5.41, 5.74) is 0.473. The van der Waals surface area contributed by atoms with E-state index < -0.39 is 10.0 Å². The largest absolute Gasteiger partial charge is 0.373 e. The first-order valence-corrected chi connectivity index (χ1v) is 13.7. The molecule has 0 aromatic heterocycles. The van der Waals surface area contributed by atoms with Gasteiger partial charge < -0.3 is 14.5 Å². The quantitative estimate of drug-likeness (QED) is 0.615. The highest BCUT2D eigenvalue weighted by atomic mass is 32.2. The van der Waals surface area contributed by atoms with Crippen LogP contribution < -0.4 is 0 Å². The number of nitrogens with zero attached hydrogens (tertiary/aromatic N) is 4. The lowest BCUT2D eigenvalue weighted by molar-refractivity contribution is -0.133. The van der Waals surface area contributed by atoms with Gasteiger partial charge in [-0.25, -0.2) is 8.42 Å². The number of sulfonamides is 1. The molecule has 0 N–H and O–H groups in total. The molecule has 3 aliphatic heterocycles. The average Bonchev–Trinajstić information content (AvgIpc) is 2.84. The van der Waals surface area contributed by atoms with E-state index in [0.29, 0.717) is 51.4 Å². The van der Waals surface area contributed by atoms with Crippen molar-refractivity contribution in [3.8, 4) is 0 Å². The summed E-state index contributed by atoms with van der Waals surface area (Å²) in [7, 11) is -3.64. The number of morpholine rings is 1. The number of ether oxygens (including phenoxy) is 1. The van der Waals surface area contributed by atoms with E-state index in [4.69, 9.17) is 4.74 Å². The molecule has 1 aromatic rings. The van der Waals surface area contributed by atoms with Crippen LogP contribution in [0, 0.1) is 0 Å². The average molecular weight is 493 g/mol. The molecular formula is C24H36N4O5S. The maximum Gasteiger partial charge on any atom is 0.253 e. The van der Waals surface area contributed by atoms with E-state index in [9.17, 15) is 18.0 Å². The number of rotatable bonds is 5. The summed E-state index contributed by atoms with van der Waals surface area (Å²) in [4.78, 5) is 31.5. The van der Waals surface area contributed by atoms with Crippen molar-refractivity contribution in [1.82, 2.24) is 19.0 Å². The number of carbonyl (C=O) groups is 2. The SMILES string of the molecule is CC1CN(S(=O)(=O)c2ccc(C(=O)N3CCN(CC(=O)N4CCCCC4)CC3)cc2)CC(C)O1. The summed E-state index contributed by atoms with van der Waals surface area (Å²) in [6.07, 6.45) is 3.04. The van der Waals surface area contributed by atoms with Crippen LogP contribution in [0.3, 0.4) is 0 Å². The van der Waals surface area contributed by atoms with E-state index in [-0.39, 0.29) is 28.9 Å². The lowest BCUT2D eigenvalue weighted by Crippen LogP contribution is -2.52. The number of hydrogen-bond acceptors (Lipinski definition) is 6. The molecule has 3 aliphatic rings. The number of hydrogen-bond donors (Lipinski definition) is 0. The smallest absolute Gasteiger partial charge is 0.253 e. The highest BCUT2D eigenvalue weighted by molar-refractivity contribution is 7.89. The fourth-order valence-electron chi connectivity index (χ4n) is 4.97. The molecule has 3 saturated heterocycles. The number of benzene rings is 1. The summed E-state index contributed by atoms with van der Waals surface area (Å²) in [6, 6.07) is 6.21. The molecule has 1 aromatic carbocycles. The van der Waals surface area contributed by atoms with E-state index >= 15 is 0 Å². The molecule has 0 bridgehead atoms. The fraction of sp³-hybridized carbons (Fsp3) is 0.667. The van der Waals surface area contributed by atoms with Gasteiger partial charge in [-0.1, -0.05) is 0 Å². The van der Waals surface area contributed by atoms with Gasteiger partial charge in [0.1, 0.15) is 0 Å². The normalized spacial score (nSPS) is 25.4. The summed E-state index contributed by atoms with van der Waals surface area (Å²) in [5, 5.41) is 0. The van der Waals surface area contributed by atoms with Crippen LogP contribution in [0.5, 0.6) is 0 Å². The van der Waals surface area contributed by atoms with Gasteiger partial charge in [0.15, 0.2) is 0 Å². The first-order chi connectivity index (χ1) is 16.2. The van der Waals surface area contributed by atoms with Gasteiger partial charge >= 0.3 is 0 Å². The monoisotopic (exact) mass is 492 g/mol. The second kappa shape index (κ2) is 10.7. The number of amides is 2. The van der Waals surface area contributed by atoms with Gasteiger partial charge in [-0.15, -0.1) is 0 Å². The van der Waals surface area contributed by atoms with Gasteiger partial charge in [0.25, 0.3) is 5.91 Å². The zero-order chi connectivity index (χ0) is 24.3. The van der Waals surface area contributed by atoms with Crippen molar-refractivity contribution in [2.75, 3.05) is 58.9 Å². The minimum absolute atomic E-state index is 0.112. The van der Waals surface area contributed by atoms with E-state index in [1.165, 1.54) is 22.9 Å². The van der Waals surface area contributed by atoms with Gasteiger partial charge in [-0.3, -0.25) is 14.5 Å². The molecule has 9 nitrogen and oxygen atoms in total. The van der Waals surface area contributed by atoms with Crippen molar-refractivity contribution < 1.29 is 22.7 Å². The Kier molecular flexibility index (Phi) is 7.91. The van der Waals surface area contributed by atoms with Crippen LogP contribution in [0.2, 0.25) is 0 Å². The first-order valence-electron chi connectivity index (χ1n) is 12.3. The molecule has 34 heavy (non-hydrogen) atoms. The molecule has 3 fully saturated rings. The van der Waals surface area contributed by atoms with E-state index in [1.807, 2.05) is 18.7 Å². The standard InChI is InChI=1S/C24H36N4O5S/c1-19-16-28(17-20(2)33-19)34(31,32)22-8-6-21(7-9-22)24(30)27-14-12-25(13-15-27)18-23(29)26-10-4-3-5-11-26/h6-9,19-20H,3-5,10-18H2,1-2H3. The molecule has 2 unspecified atom stereocenters. The lowest BCUT2D eigenvalue weighted by Gasteiger charge is -2.36. The van der Waals surface area contributed by atoms with Crippen molar-refractivity contribution in [2.24, 2.45) is 0 Å². The molecule has 2 atom stereocenters. The van der Waals surface area contributed by atoms with Crippen LogP contribution in [-0.2, 0) is 19.6 Å². The summed E-state index contributed by atoms with van der Waals surface area (Å²) in [5.74, 6) is 0.0694. The lowest BCUT2D eigenvalue weighted by atomic mass is 10.1. The Morgan fingerprint density at radius 1 is 0.853 bits per heavy atom. The van der Waals surface area contributed by atoms with Gasteiger partial charge in [-0.05, 0) is 57.4 Å². The molecule has 0 radical (unpaired) electrons. The molecule has 2 amide bonds. The molecule has 0 saturated carbocycles. The molecule has 0 aliphatic carbocycles. The second-order valence-corrected chi connectivity index (χ2v) is 11.6. The Balaban J connectivity index is 1.31. The van der Waals surface area contributed by atoms with Crippen molar-refractivity contribution >= 4 is 21.8 Å². The van der Waals surface area contributed by atoms with Crippen LogP contribution in [-0.4, -0.2) is 110 Å². The minimum atomic E-state index is -3.64. The Labute approximate surface area is 202 Å². The predicted octanol–water partition coefficient (Wildman–Crippen LogP) is 1.25. The van der Waals surface area contributed by atoms with Crippen LogP contribution in [0.15, 0.2) is 29.2 Å². The maximum absolute atomic E-state index is 13.0. The Morgan fingerprint density at radius 2 is 1.44 bits per heavy atom. The zero-order valence-electron chi connectivity index (χ0n) is 20.2. The van der Waals surface area contributed by atoms with Gasteiger partial charge in [0.05, 0.1) is 23.6 Å². The van der Waals surface area contributed by atoms with Crippen LogP contribution in [0.1, 0.15) is 43.5 Å². The van der Waals surface area contributed by atoms with E-state index in [1.54, 1.807) is 17.0 Å². The number of likely N-dealkylation sites (tertiary alicyclic amines) is 1. The Bertz CT molecular complexity index is 960. The third kappa shape index (κ3) is 5.79. The minimum Gasteiger partial charge on any atom is -0.373 e. The van der Waals surface area contributed by atoms with Crippen molar-refractivity contribution in [3.63, 3.8) is 0 Å². The number of piperazine rings is 1. The maximum atomic E-state index is 13.0. The third-order valence-electron chi connectivity index (χ3n) is 6.85. The second-order valence-electron chi connectivity index (χ2n) is 9.61. The van der Waals surface area contributed by atoms with Crippen molar-refractivity contribution in [3.05, 3.63) is 29.8 Å². The third-order valence-corrected chi connectivity index (χ3v) is 8.70. The van der Waals surface area contributed by atoms with Crippen molar-refractivity contribution in [2.45, 2.75) is 50.2 Å². The molecule has 3 heterocycles. The van der Waals surface area contributed by atoms with Crippen LogP contribution in [0.4, 0.5) is 0 Å². The van der Waals surface area contributed by atoms with Gasteiger partial charge in [0.2, 0.25) is 15.9 Å². The molecular weight excluding hydrogens is 456 g/mol. The number of piperidine rings is 1. The van der Waals surface area contributed by atoms with Gasteiger partial charge in [-0.2, -0.15) is 4.31 Å². The number of carbonyl (C=O) groups excluding carboxylic acids is 2. The van der Waals surface area contributed by atoms with Crippen molar-refractivity contribution in [1.29, 1.82) is 0 Å². The fourth-order valence-corrected chi connectivity index (χ4v) is 6.56. The predicted molar refractivity (Wildman–Crippen MR) is 128 cm³/mol. The Hall–Kier alpha value is -2.01. The topological polar surface area (TPSA) is 90.5 Å². The summed E-state index contributed by atoms with van der Waals surface area (Å²) in [6.45, 7) is 8.90. The molecule has 0 spiro atoms. The first kappa shape index (κ1) is 25.1. The molecule has 10 heteroatoms. The highest BCUT2D eigenvalue weighted by Crippen LogP contribution is 2.22. The molecule has 4 rings (SSSR count). The highest BCUT2D eigenvalue weighted by Gasteiger charge is 2.32. The summed E-state index contributed by atoms with van der Waals surface area (Å²) >= 11 is 0. The van der Waals surface area contributed by atoms with Crippen LogP contribution >= 0.6 is 0 Å². The summed E-state index contributed by atoms with van der Waals surface area (Å²) < 4.78 is 33.2. The zero-order valence-corrected chi connectivity index (χ0v) is 21.0.